The van der Waals surface area contributed by atoms with Crippen molar-refractivity contribution in [3.05, 3.63) is 53.7 Å². The summed E-state index contributed by atoms with van der Waals surface area (Å²) >= 11 is 0. The molecule has 1 saturated heterocycles. The van der Waals surface area contributed by atoms with Gasteiger partial charge in [-0.05, 0) is 59.9 Å². The third-order valence-electron chi connectivity index (χ3n) is 6.32. The van der Waals surface area contributed by atoms with Crippen molar-refractivity contribution in [2.45, 2.75) is 46.0 Å². The van der Waals surface area contributed by atoms with Crippen LogP contribution in [0.4, 0.5) is 5.82 Å². The fraction of sp³-hybridized carbons (Fsp3) is 0.480. The van der Waals surface area contributed by atoms with Crippen LogP contribution >= 0.6 is 0 Å². The number of ether oxygens (including phenoxy) is 1. The average Bonchev–Trinajstić information content (AvgIpc) is 2.79. The van der Waals surface area contributed by atoms with E-state index >= 15 is 0 Å². The van der Waals surface area contributed by atoms with Crippen LogP contribution in [0.3, 0.4) is 0 Å². The van der Waals surface area contributed by atoms with Gasteiger partial charge in [0.05, 0.1) is 13.2 Å². The van der Waals surface area contributed by atoms with E-state index in [4.69, 9.17) is 9.72 Å². The lowest BCUT2D eigenvalue weighted by atomic mass is 9.83. The van der Waals surface area contributed by atoms with E-state index in [1.54, 1.807) is 0 Å². The zero-order valence-corrected chi connectivity index (χ0v) is 17.3. The number of rotatable bonds is 5. The zero-order valence-electron chi connectivity index (χ0n) is 17.3. The average molecular weight is 377 g/mol. The highest BCUT2D eigenvalue weighted by molar-refractivity contribution is 5.82. The molecule has 2 heterocycles. The molecule has 3 nitrogen and oxygen atoms in total. The molecule has 1 aromatic carbocycles. The van der Waals surface area contributed by atoms with Gasteiger partial charge in [-0.15, -0.1) is 0 Å². The molecule has 2 aromatic rings. The Morgan fingerprint density at radius 2 is 1.89 bits per heavy atom. The minimum Gasteiger partial charge on any atom is -0.378 e. The Labute approximate surface area is 169 Å². The molecule has 0 spiro atoms. The summed E-state index contributed by atoms with van der Waals surface area (Å²) in [5.41, 5.74) is 6.79. The first-order valence-corrected chi connectivity index (χ1v) is 10.9. The van der Waals surface area contributed by atoms with Gasteiger partial charge in [-0.2, -0.15) is 0 Å². The molecule has 0 saturated carbocycles. The van der Waals surface area contributed by atoms with Gasteiger partial charge in [0.25, 0.3) is 0 Å². The molecule has 3 heteroatoms. The first-order chi connectivity index (χ1) is 13.8. The Morgan fingerprint density at radius 1 is 1.11 bits per heavy atom. The van der Waals surface area contributed by atoms with Gasteiger partial charge >= 0.3 is 0 Å². The predicted molar refractivity (Wildman–Crippen MR) is 118 cm³/mol. The third-order valence-corrected chi connectivity index (χ3v) is 6.32. The molecular formula is C25H32N2O. The molecule has 2 aliphatic rings. The summed E-state index contributed by atoms with van der Waals surface area (Å²) in [6.45, 7) is 7.99. The minimum atomic E-state index is 0.794. The van der Waals surface area contributed by atoms with Crippen molar-refractivity contribution in [2.24, 2.45) is 5.92 Å². The molecule has 148 valence electrons. The standard InChI is InChI=1S/C25H32N2O/c1-3-19-9-11-21(12-10-19)23-7-5-6-8-24(23)22-17-20(4-2)25(26-18-22)27-13-15-28-16-14-27/h5-8,11,17-19H,3-4,9-10,12-16H2,1-2H3. The number of hydrogen-bond acceptors (Lipinski definition) is 3. The second kappa shape index (κ2) is 8.91. The number of aryl methyl sites for hydroxylation is 1. The van der Waals surface area contributed by atoms with Crippen LogP contribution in [0, 0.1) is 5.92 Å². The molecule has 0 N–H and O–H groups in total. The molecule has 1 aliphatic carbocycles. The lowest BCUT2D eigenvalue weighted by Crippen LogP contribution is -2.37. The lowest BCUT2D eigenvalue weighted by Gasteiger charge is -2.29. The van der Waals surface area contributed by atoms with Crippen molar-refractivity contribution in [3.8, 4) is 11.1 Å². The van der Waals surface area contributed by atoms with Crippen LogP contribution in [-0.2, 0) is 11.2 Å². The molecule has 0 amide bonds. The monoisotopic (exact) mass is 376 g/mol. The molecule has 1 atom stereocenters. The van der Waals surface area contributed by atoms with Crippen molar-refractivity contribution in [3.63, 3.8) is 0 Å². The van der Waals surface area contributed by atoms with Gasteiger partial charge in [-0.1, -0.05) is 50.6 Å². The summed E-state index contributed by atoms with van der Waals surface area (Å²) in [7, 11) is 0. The summed E-state index contributed by atoms with van der Waals surface area (Å²) in [6, 6.07) is 11.2. The number of aromatic nitrogens is 1. The van der Waals surface area contributed by atoms with Crippen molar-refractivity contribution in [1.82, 2.24) is 4.98 Å². The summed E-state index contributed by atoms with van der Waals surface area (Å²) in [6.07, 6.45) is 10.6. The highest BCUT2D eigenvalue weighted by Crippen LogP contribution is 2.37. The van der Waals surface area contributed by atoms with Crippen LogP contribution in [0.5, 0.6) is 0 Å². The van der Waals surface area contributed by atoms with E-state index in [2.05, 4.69) is 61.4 Å². The lowest BCUT2D eigenvalue weighted by molar-refractivity contribution is 0.122. The first-order valence-electron chi connectivity index (χ1n) is 10.9. The first kappa shape index (κ1) is 19.2. The highest BCUT2D eigenvalue weighted by atomic mass is 16.5. The SMILES string of the molecule is CCc1cc(-c2ccccc2C2=CCC(CC)CC2)cnc1N1CCOCC1. The number of morpholine rings is 1. The predicted octanol–water partition coefficient (Wildman–Crippen LogP) is 5.74. The Bertz CT molecular complexity index is 836. The van der Waals surface area contributed by atoms with Gasteiger partial charge in [-0.25, -0.2) is 4.98 Å². The Balaban J connectivity index is 1.67. The van der Waals surface area contributed by atoms with Crippen LogP contribution in [-0.4, -0.2) is 31.3 Å². The highest BCUT2D eigenvalue weighted by Gasteiger charge is 2.19. The quantitative estimate of drug-likeness (QED) is 0.665. The van der Waals surface area contributed by atoms with Crippen molar-refractivity contribution in [2.75, 3.05) is 31.2 Å². The molecule has 0 radical (unpaired) electrons. The van der Waals surface area contributed by atoms with E-state index in [-0.39, 0.29) is 0 Å². The Kier molecular flexibility index (Phi) is 6.11. The normalized spacial score (nSPS) is 20.1. The smallest absolute Gasteiger partial charge is 0.131 e. The topological polar surface area (TPSA) is 25.4 Å². The summed E-state index contributed by atoms with van der Waals surface area (Å²) < 4.78 is 5.51. The molecular weight excluding hydrogens is 344 g/mol. The van der Waals surface area contributed by atoms with E-state index in [1.807, 2.05) is 0 Å². The molecule has 1 unspecified atom stereocenters. The maximum Gasteiger partial charge on any atom is 0.131 e. The zero-order chi connectivity index (χ0) is 19.3. The van der Waals surface area contributed by atoms with Gasteiger partial charge in [0.2, 0.25) is 0 Å². The summed E-state index contributed by atoms with van der Waals surface area (Å²) in [4.78, 5) is 7.28. The minimum absolute atomic E-state index is 0.794. The van der Waals surface area contributed by atoms with E-state index in [0.717, 1.165) is 44.5 Å². The second-order valence-electron chi connectivity index (χ2n) is 7.98. The van der Waals surface area contributed by atoms with Gasteiger partial charge in [0.15, 0.2) is 0 Å². The van der Waals surface area contributed by atoms with Crippen LogP contribution in [0.25, 0.3) is 16.7 Å². The number of allylic oxidation sites excluding steroid dienone is 2. The molecule has 1 fully saturated rings. The fourth-order valence-electron chi connectivity index (χ4n) is 4.49. The summed E-state index contributed by atoms with van der Waals surface area (Å²) in [5, 5.41) is 0. The Morgan fingerprint density at radius 3 is 2.57 bits per heavy atom. The van der Waals surface area contributed by atoms with Gasteiger partial charge in [-0.3, -0.25) is 0 Å². The molecule has 28 heavy (non-hydrogen) atoms. The number of nitrogens with zero attached hydrogens (tertiary/aromatic N) is 2. The van der Waals surface area contributed by atoms with E-state index in [1.165, 1.54) is 53.5 Å². The molecule has 1 aliphatic heterocycles. The van der Waals surface area contributed by atoms with Crippen LogP contribution in [0.15, 0.2) is 42.6 Å². The third kappa shape index (κ3) is 4.00. The number of pyridine rings is 1. The van der Waals surface area contributed by atoms with Crippen LogP contribution in [0.1, 0.15) is 50.7 Å². The van der Waals surface area contributed by atoms with Gasteiger partial charge in [0.1, 0.15) is 5.82 Å². The maximum atomic E-state index is 5.51. The van der Waals surface area contributed by atoms with Crippen molar-refractivity contribution in [1.29, 1.82) is 0 Å². The van der Waals surface area contributed by atoms with E-state index < -0.39 is 0 Å². The van der Waals surface area contributed by atoms with E-state index in [0.29, 0.717) is 0 Å². The van der Waals surface area contributed by atoms with Gasteiger partial charge in [0, 0.05) is 24.8 Å². The molecule has 4 rings (SSSR count). The van der Waals surface area contributed by atoms with E-state index in [9.17, 15) is 0 Å². The molecule has 1 aromatic heterocycles. The fourth-order valence-corrected chi connectivity index (χ4v) is 4.49. The maximum absolute atomic E-state index is 5.51. The van der Waals surface area contributed by atoms with Crippen molar-refractivity contribution >= 4 is 11.4 Å². The number of hydrogen-bond donors (Lipinski definition) is 0. The Hall–Kier alpha value is -2.13. The number of benzene rings is 1. The second-order valence-corrected chi connectivity index (χ2v) is 7.98. The van der Waals surface area contributed by atoms with Crippen LogP contribution in [0.2, 0.25) is 0 Å². The summed E-state index contributed by atoms with van der Waals surface area (Å²) in [5.74, 6) is 1.99. The van der Waals surface area contributed by atoms with Crippen molar-refractivity contribution < 1.29 is 4.74 Å². The van der Waals surface area contributed by atoms with Gasteiger partial charge < -0.3 is 9.64 Å². The van der Waals surface area contributed by atoms with Crippen LogP contribution < -0.4 is 4.90 Å². The largest absolute Gasteiger partial charge is 0.378 e. The number of anilines is 1. The molecule has 0 bridgehead atoms.